The minimum atomic E-state index is -4.37. The Morgan fingerprint density at radius 3 is 2.34 bits per heavy atom. The second-order valence-corrected chi connectivity index (χ2v) is 11.6. The van der Waals surface area contributed by atoms with Gasteiger partial charge in [0.05, 0.1) is 17.1 Å². The first-order valence-electron chi connectivity index (χ1n) is 11.3. The maximum Gasteiger partial charge on any atom is 0.308 e. The van der Waals surface area contributed by atoms with Crippen molar-refractivity contribution in [1.29, 1.82) is 0 Å². The molecule has 1 fully saturated rings. The van der Waals surface area contributed by atoms with E-state index in [9.17, 15) is 22.8 Å². The van der Waals surface area contributed by atoms with Crippen molar-refractivity contribution in [3.8, 4) is 5.75 Å². The molecule has 3 aromatic carbocycles. The van der Waals surface area contributed by atoms with E-state index in [-0.39, 0.29) is 45.8 Å². The number of halogens is 3. The van der Waals surface area contributed by atoms with Crippen molar-refractivity contribution in [2.75, 3.05) is 11.4 Å². The maximum atomic E-state index is 13.8. The molecule has 0 saturated carbocycles. The number of benzene rings is 3. The predicted molar refractivity (Wildman–Crippen MR) is 144 cm³/mol. The Morgan fingerprint density at radius 1 is 1.00 bits per heavy atom. The molecule has 0 N–H and O–H groups in total. The number of carbonyl (C=O) groups excluding carboxylic acids is 3. The lowest BCUT2D eigenvalue weighted by atomic mass is 10.1. The number of ether oxygens (including phenoxy) is 1. The average molecular weight is 596 g/mol. The molecule has 1 atom stereocenters. The summed E-state index contributed by atoms with van der Waals surface area (Å²) in [5, 5.41) is 0.549. The molecule has 8 nitrogen and oxygen atoms in total. The number of anilines is 1. The van der Waals surface area contributed by atoms with Gasteiger partial charge in [0, 0.05) is 23.5 Å². The Morgan fingerprint density at radius 2 is 1.68 bits per heavy atom. The Balaban J connectivity index is 1.70. The van der Waals surface area contributed by atoms with E-state index in [0.29, 0.717) is 5.02 Å². The number of sulfonamides is 1. The second kappa shape index (κ2) is 11.4. The number of carbonyl (C=O) groups is 3. The molecule has 1 saturated heterocycles. The van der Waals surface area contributed by atoms with Crippen LogP contribution in [0.15, 0.2) is 71.6 Å². The van der Waals surface area contributed by atoms with Gasteiger partial charge in [-0.3, -0.25) is 14.4 Å². The normalized spacial score (nSPS) is 15.8. The van der Waals surface area contributed by atoms with E-state index in [1.807, 2.05) is 0 Å². The zero-order chi connectivity index (χ0) is 27.6. The molecule has 0 aliphatic carbocycles. The zero-order valence-corrected chi connectivity index (χ0v) is 23.0. The van der Waals surface area contributed by atoms with Gasteiger partial charge in [-0.05, 0) is 66.6 Å². The first-order valence-corrected chi connectivity index (χ1v) is 13.9. The van der Waals surface area contributed by atoms with Crippen molar-refractivity contribution in [1.82, 2.24) is 4.31 Å². The van der Waals surface area contributed by atoms with Gasteiger partial charge >= 0.3 is 5.97 Å². The minimum absolute atomic E-state index is 0.0724. The van der Waals surface area contributed by atoms with Crippen LogP contribution in [0.4, 0.5) is 5.69 Å². The van der Waals surface area contributed by atoms with E-state index in [0.717, 1.165) is 14.8 Å². The Kier molecular flexibility index (Phi) is 8.44. The summed E-state index contributed by atoms with van der Waals surface area (Å²) in [6.07, 6.45) is -0.162. The van der Waals surface area contributed by atoms with E-state index in [2.05, 4.69) is 0 Å². The molecular weight excluding hydrogens is 575 g/mol. The van der Waals surface area contributed by atoms with Gasteiger partial charge in [0.25, 0.3) is 5.91 Å². The Hall–Kier alpha value is -2.95. The van der Waals surface area contributed by atoms with Crippen LogP contribution < -0.4 is 9.64 Å². The van der Waals surface area contributed by atoms with Gasteiger partial charge in [-0.1, -0.05) is 46.9 Å². The van der Waals surface area contributed by atoms with Crippen LogP contribution in [0.5, 0.6) is 5.75 Å². The first kappa shape index (κ1) is 28.1. The lowest BCUT2D eigenvalue weighted by Gasteiger charge is -2.27. The van der Waals surface area contributed by atoms with E-state index in [1.165, 1.54) is 49.4 Å². The molecule has 38 heavy (non-hydrogen) atoms. The van der Waals surface area contributed by atoms with Gasteiger partial charge < -0.3 is 4.74 Å². The predicted octanol–water partition coefficient (Wildman–Crippen LogP) is 5.14. The molecular formula is C26H21Cl3N2O6S. The summed E-state index contributed by atoms with van der Waals surface area (Å²) in [6, 6.07) is 15.3. The topological polar surface area (TPSA) is 101 Å². The summed E-state index contributed by atoms with van der Waals surface area (Å²) in [7, 11) is -4.37. The van der Waals surface area contributed by atoms with Gasteiger partial charge in [-0.2, -0.15) is 4.31 Å². The molecule has 198 valence electrons. The largest absolute Gasteiger partial charge is 0.427 e. The van der Waals surface area contributed by atoms with Gasteiger partial charge in [0.2, 0.25) is 15.9 Å². The molecule has 1 unspecified atom stereocenters. The van der Waals surface area contributed by atoms with Crippen LogP contribution in [-0.4, -0.2) is 43.1 Å². The standard InChI is InChI=1S/C26H21Cl3N2O6S/c1-16(32)37-21-8-6-20(7-9-21)31-25(33)15-23(26(31)34)30(12-11-17-3-2-4-18(27)13-17)38(35,36)24-14-19(28)5-10-22(24)29/h2-10,13-14,23H,11-12,15H2,1H3. The minimum Gasteiger partial charge on any atom is -0.427 e. The highest BCUT2D eigenvalue weighted by atomic mass is 35.5. The van der Waals surface area contributed by atoms with Gasteiger partial charge in [0.15, 0.2) is 0 Å². The Labute approximate surface area is 234 Å². The smallest absolute Gasteiger partial charge is 0.308 e. The van der Waals surface area contributed by atoms with E-state index >= 15 is 0 Å². The number of rotatable bonds is 8. The molecule has 1 heterocycles. The van der Waals surface area contributed by atoms with E-state index < -0.39 is 33.8 Å². The van der Waals surface area contributed by atoms with Crippen LogP contribution in [0.25, 0.3) is 0 Å². The van der Waals surface area contributed by atoms with Crippen molar-refractivity contribution < 1.29 is 27.5 Å². The third kappa shape index (κ3) is 6.03. The number of nitrogens with zero attached hydrogens (tertiary/aromatic N) is 2. The highest BCUT2D eigenvalue weighted by Gasteiger charge is 2.47. The zero-order valence-electron chi connectivity index (χ0n) is 19.9. The van der Waals surface area contributed by atoms with Crippen molar-refractivity contribution in [3.05, 3.63) is 87.4 Å². The molecule has 4 rings (SSSR count). The fraction of sp³-hybridized carbons (Fsp3) is 0.192. The summed E-state index contributed by atoms with van der Waals surface area (Å²) in [5.74, 6) is -1.59. The molecule has 0 bridgehead atoms. The molecule has 3 aromatic rings. The van der Waals surface area contributed by atoms with E-state index in [4.69, 9.17) is 39.5 Å². The van der Waals surface area contributed by atoms with Crippen molar-refractivity contribution in [2.24, 2.45) is 0 Å². The van der Waals surface area contributed by atoms with Gasteiger partial charge in [0.1, 0.15) is 16.7 Å². The second-order valence-electron chi connectivity index (χ2n) is 8.45. The SMILES string of the molecule is CC(=O)Oc1ccc(N2C(=O)CC(N(CCc3cccc(Cl)c3)S(=O)(=O)c3cc(Cl)ccc3Cl)C2=O)cc1. The fourth-order valence-corrected chi connectivity index (χ4v) is 6.65. The third-order valence-electron chi connectivity index (χ3n) is 5.82. The lowest BCUT2D eigenvalue weighted by Crippen LogP contribution is -2.46. The molecule has 1 aliphatic heterocycles. The maximum absolute atomic E-state index is 13.8. The first-order chi connectivity index (χ1) is 18.0. The molecule has 2 amide bonds. The van der Waals surface area contributed by atoms with Crippen molar-refractivity contribution >= 4 is 68.3 Å². The third-order valence-corrected chi connectivity index (χ3v) is 8.68. The van der Waals surface area contributed by atoms with Crippen LogP contribution in [0, 0.1) is 0 Å². The molecule has 0 aromatic heterocycles. The van der Waals surface area contributed by atoms with Gasteiger partial charge in [-0.25, -0.2) is 13.3 Å². The molecule has 0 radical (unpaired) electrons. The summed E-state index contributed by atoms with van der Waals surface area (Å²) >= 11 is 18.4. The van der Waals surface area contributed by atoms with Crippen LogP contribution in [-0.2, 0) is 30.8 Å². The van der Waals surface area contributed by atoms with Crippen LogP contribution in [0.3, 0.4) is 0 Å². The molecule has 1 aliphatic rings. The number of hydrogen-bond donors (Lipinski definition) is 0. The average Bonchev–Trinajstić information content (AvgIpc) is 3.14. The number of imide groups is 1. The molecule has 0 spiro atoms. The summed E-state index contributed by atoms with van der Waals surface area (Å²) in [5.41, 5.74) is 0.955. The number of esters is 1. The Bertz CT molecular complexity index is 1510. The van der Waals surface area contributed by atoms with Crippen LogP contribution in [0.1, 0.15) is 18.9 Å². The van der Waals surface area contributed by atoms with Crippen molar-refractivity contribution in [2.45, 2.75) is 30.7 Å². The van der Waals surface area contributed by atoms with Crippen molar-refractivity contribution in [3.63, 3.8) is 0 Å². The summed E-state index contributed by atoms with van der Waals surface area (Å²) in [4.78, 5) is 38.4. The van der Waals surface area contributed by atoms with Crippen LogP contribution in [0.2, 0.25) is 15.1 Å². The highest BCUT2D eigenvalue weighted by molar-refractivity contribution is 7.89. The summed E-state index contributed by atoms with van der Waals surface area (Å²) < 4.78 is 33.7. The van der Waals surface area contributed by atoms with Gasteiger partial charge in [-0.15, -0.1) is 0 Å². The van der Waals surface area contributed by atoms with Crippen LogP contribution >= 0.6 is 34.8 Å². The fourth-order valence-electron chi connectivity index (χ4n) is 4.12. The van der Waals surface area contributed by atoms with E-state index in [1.54, 1.807) is 24.3 Å². The quantitative estimate of drug-likeness (QED) is 0.203. The molecule has 12 heteroatoms. The number of hydrogen-bond acceptors (Lipinski definition) is 6. The number of amides is 2. The lowest BCUT2D eigenvalue weighted by molar-refractivity contribution is -0.132. The summed E-state index contributed by atoms with van der Waals surface area (Å²) in [6.45, 7) is 1.12. The monoisotopic (exact) mass is 594 g/mol. The highest BCUT2D eigenvalue weighted by Crippen LogP contribution is 2.33.